The van der Waals surface area contributed by atoms with E-state index in [1.54, 1.807) is 11.5 Å². The van der Waals surface area contributed by atoms with Gasteiger partial charge in [-0.05, 0) is 38.1 Å². The Kier molecular flexibility index (Phi) is 3.55. The maximum absolute atomic E-state index is 12.6. The Balaban J connectivity index is 2.00. The summed E-state index contributed by atoms with van der Waals surface area (Å²) in [5, 5.41) is 2.90. The van der Waals surface area contributed by atoms with Crippen LogP contribution < -0.4 is 10.1 Å². The molecule has 1 aromatic carbocycles. The molecule has 5 heteroatoms. The number of rotatable bonds is 3. The van der Waals surface area contributed by atoms with E-state index in [2.05, 4.69) is 10.3 Å². The van der Waals surface area contributed by atoms with Crippen LogP contribution in [0.25, 0.3) is 5.65 Å². The molecular weight excluding hydrogens is 278 g/mol. The number of aromatic nitrogens is 2. The van der Waals surface area contributed by atoms with Crippen molar-refractivity contribution >= 4 is 17.2 Å². The first kappa shape index (κ1) is 14.1. The summed E-state index contributed by atoms with van der Waals surface area (Å²) < 4.78 is 7.04. The van der Waals surface area contributed by atoms with Crippen molar-refractivity contribution in [1.82, 2.24) is 9.38 Å². The highest BCUT2D eigenvalue weighted by Gasteiger charge is 2.18. The van der Waals surface area contributed by atoms with Gasteiger partial charge in [-0.1, -0.05) is 17.7 Å². The minimum Gasteiger partial charge on any atom is -0.493 e. The van der Waals surface area contributed by atoms with Gasteiger partial charge in [-0.3, -0.25) is 9.20 Å². The summed E-state index contributed by atoms with van der Waals surface area (Å²) in [4.78, 5) is 17.0. The summed E-state index contributed by atoms with van der Waals surface area (Å²) in [5.41, 5.74) is 3.71. The Morgan fingerprint density at radius 3 is 2.59 bits per heavy atom. The standard InChI is InChI=1S/C17H17N3O2/c1-11-6-8-13(9-7-11)19-17(21)15-12(2)18-16-14(22-3)5-4-10-20(15)16/h4-10H,1-3H3,(H,19,21). The largest absolute Gasteiger partial charge is 0.493 e. The van der Waals surface area contributed by atoms with Crippen molar-refractivity contribution in [3.05, 3.63) is 59.5 Å². The van der Waals surface area contributed by atoms with E-state index in [0.29, 0.717) is 22.8 Å². The fourth-order valence-electron chi connectivity index (χ4n) is 2.42. The van der Waals surface area contributed by atoms with Crippen LogP contribution >= 0.6 is 0 Å². The molecule has 112 valence electrons. The van der Waals surface area contributed by atoms with Gasteiger partial charge in [0.1, 0.15) is 5.69 Å². The molecule has 0 saturated heterocycles. The Morgan fingerprint density at radius 2 is 1.91 bits per heavy atom. The summed E-state index contributed by atoms with van der Waals surface area (Å²) >= 11 is 0. The number of carbonyl (C=O) groups excluding carboxylic acids is 1. The van der Waals surface area contributed by atoms with Gasteiger partial charge in [-0.25, -0.2) is 4.98 Å². The van der Waals surface area contributed by atoms with Crippen LogP contribution in [0.1, 0.15) is 21.7 Å². The lowest BCUT2D eigenvalue weighted by atomic mass is 10.2. The zero-order valence-corrected chi connectivity index (χ0v) is 12.8. The Bertz CT molecular complexity index is 835. The minimum atomic E-state index is -0.192. The highest BCUT2D eigenvalue weighted by molar-refractivity contribution is 6.04. The van der Waals surface area contributed by atoms with Crippen molar-refractivity contribution in [2.75, 3.05) is 12.4 Å². The first-order valence-corrected chi connectivity index (χ1v) is 7.00. The van der Waals surface area contributed by atoms with Crippen LogP contribution in [0.4, 0.5) is 5.69 Å². The van der Waals surface area contributed by atoms with Gasteiger partial charge < -0.3 is 10.1 Å². The van der Waals surface area contributed by atoms with Gasteiger partial charge >= 0.3 is 0 Å². The molecule has 0 fully saturated rings. The SMILES string of the molecule is COc1cccn2c(C(=O)Nc3ccc(C)cc3)c(C)nc12. The molecule has 0 aliphatic carbocycles. The van der Waals surface area contributed by atoms with Crippen molar-refractivity contribution in [3.63, 3.8) is 0 Å². The number of pyridine rings is 1. The van der Waals surface area contributed by atoms with Crippen LogP contribution in [-0.4, -0.2) is 22.4 Å². The Hall–Kier alpha value is -2.82. The van der Waals surface area contributed by atoms with Gasteiger partial charge in [-0.2, -0.15) is 0 Å². The molecule has 0 radical (unpaired) electrons. The van der Waals surface area contributed by atoms with E-state index in [0.717, 1.165) is 11.3 Å². The van der Waals surface area contributed by atoms with Crippen LogP contribution in [0.2, 0.25) is 0 Å². The number of imidazole rings is 1. The molecule has 5 nitrogen and oxygen atoms in total. The van der Waals surface area contributed by atoms with E-state index < -0.39 is 0 Å². The third kappa shape index (κ3) is 2.41. The van der Waals surface area contributed by atoms with Crippen molar-refractivity contribution in [2.24, 2.45) is 0 Å². The maximum atomic E-state index is 12.6. The molecule has 0 aliphatic heterocycles. The number of ether oxygens (including phenoxy) is 1. The highest BCUT2D eigenvalue weighted by atomic mass is 16.5. The quantitative estimate of drug-likeness (QED) is 0.807. The number of carbonyl (C=O) groups is 1. The fraction of sp³-hybridized carbons (Fsp3) is 0.176. The van der Waals surface area contributed by atoms with Crippen molar-refractivity contribution < 1.29 is 9.53 Å². The number of benzene rings is 1. The first-order valence-electron chi connectivity index (χ1n) is 7.00. The number of fused-ring (bicyclic) bond motifs is 1. The van der Waals surface area contributed by atoms with Crippen molar-refractivity contribution in [1.29, 1.82) is 0 Å². The molecule has 1 amide bonds. The summed E-state index contributed by atoms with van der Waals surface area (Å²) in [6, 6.07) is 11.3. The van der Waals surface area contributed by atoms with E-state index in [1.165, 1.54) is 0 Å². The monoisotopic (exact) mass is 295 g/mol. The molecular formula is C17H17N3O2. The van der Waals surface area contributed by atoms with E-state index >= 15 is 0 Å². The average molecular weight is 295 g/mol. The number of amides is 1. The summed E-state index contributed by atoms with van der Waals surface area (Å²) in [6.07, 6.45) is 1.81. The number of anilines is 1. The van der Waals surface area contributed by atoms with E-state index in [1.807, 2.05) is 56.4 Å². The van der Waals surface area contributed by atoms with Gasteiger partial charge in [-0.15, -0.1) is 0 Å². The Morgan fingerprint density at radius 1 is 1.18 bits per heavy atom. The number of nitrogens with one attached hydrogen (secondary N) is 1. The molecule has 0 spiro atoms. The fourth-order valence-corrected chi connectivity index (χ4v) is 2.42. The molecule has 0 bridgehead atoms. The lowest BCUT2D eigenvalue weighted by Gasteiger charge is -2.07. The van der Waals surface area contributed by atoms with E-state index in [-0.39, 0.29) is 5.91 Å². The van der Waals surface area contributed by atoms with Gasteiger partial charge in [0.25, 0.3) is 5.91 Å². The smallest absolute Gasteiger partial charge is 0.274 e. The van der Waals surface area contributed by atoms with E-state index in [4.69, 9.17) is 4.74 Å². The molecule has 1 N–H and O–H groups in total. The zero-order chi connectivity index (χ0) is 15.7. The summed E-state index contributed by atoms with van der Waals surface area (Å²) in [7, 11) is 1.59. The predicted molar refractivity (Wildman–Crippen MR) is 85.6 cm³/mol. The molecule has 3 rings (SSSR count). The van der Waals surface area contributed by atoms with Gasteiger partial charge in [0, 0.05) is 11.9 Å². The molecule has 0 atom stereocenters. The molecule has 0 unspecified atom stereocenters. The summed E-state index contributed by atoms with van der Waals surface area (Å²) in [5.74, 6) is 0.446. The normalized spacial score (nSPS) is 10.7. The number of methoxy groups -OCH3 is 1. The van der Waals surface area contributed by atoms with Crippen LogP contribution in [0.3, 0.4) is 0 Å². The molecule has 0 saturated carbocycles. The second-order valence-corrected chi connectivity index (χ2v) is 5.14. The minimum absolute atomic E-state index is 0.192. The third-order valence-corrected chi connectivity index (χ3v) is 3.53. The van der Waals surface area contributed by atoms with Gasteiger partial charge in [0.05, 0.1) is 12.8 Å². The zero-order valence-electron chi connectivity index (χ0n) is 12.8. The molecule has 2 aromatic heterocycles. The number of hydrogen-bond acceptors (Lipinski definition) is 3. The molecule has 2 heterocycles. The Labute approximate surface area is 128 Å². The summed E-state index contributed by atoms with van der Waals surface area (Å²) in [6.45, 7) is 3.82. The molecule has 3 aromatic rings. The number of aryl methyl sites for hydroxylation is 2. The van der Waals surface area contributed by atoms with Crippen LogP contribution in [0.15, 0.2) is 42.6 Å². The van der Waals surface area contributed by atoms with Crippen LogP contribution in [-0.2, 0) is 0 Å². The van der Waals surface area contributed by atoms with Gasteiger partial charge in [0.2, 0.25) is 0 Å². The lowest BCUT2D eigenvalue weighted by Crippen LogP contribution is -2.15. The number of hydrogen-bond donors (Lipinski definition) is 1. The second kappa shape index (κ2) is 5.52. The first-order chi connectivity index (χ1) is 10.6. The number of nitrogens with zero attached hydrogens (tertiary/aromatic N) is 2. The second-order valence-electron chi connectivity index (χ2n) is 5.14. The molecule has 22 heavy (non-hydrogen) atoms. The maximum Gasteiger partial charge on any atom is 0.274 e. The topological polar surface area (TPSA) is 55.6 Å². The van der Waals surface area contributed by atoms with Crippen molar-refractivity contribution in [3.8, 4) is 5.75 Å². The van der Waals surface area contributed by atoms with E-state index in [9.17, 15) is 4.79 Å². The van der Waals surface area contributed by atoms with Crippen molar-refractivity contribution in [2.45, 2.75) is 13.8 Å². The highest BCUT2D eigenvalue weighted by Crippen LogP contribution is 2.22. The third-order valence-electron chi connectivity index (χ3n) is 3.53. The average Bonchev–Trinajstić information content (AvgIpc) is 2.85. The lowest BCUT2D eigenvalue weighted by molar-refractivity contribution is 0.102. The molecule has 0 aliphatic rings. The van der Waals surface area contributed by atoms with Crippen LogP contribution in [0, 0.1) is 13.8 Å². The van der Waals surface area contributed by atoms with Crippen LogP contribution in [0.5, 0.6) is 5.75 Å². The van der Waals surface area contributed by atoms with Gasteiger partial charge in [0.15, 0.2) is 11.4 Å². The predicted octanol–water partition coefficient (Wildman–Crippen LogP) is 3.21.